The van der Waals surface area contributed by atoms with E-state index in [-0.39, 0.29) is 17.8 Å². The van der Waals surface area contributed by atoms with Gasteiger partial charge in [0.05, 0.1) is 17.1 Å². The minimum atomic E-state index is -1.02. The van der Waals surface area contributed by atoms with Crippen molar-refractivity contribution in [2.45, 2.75) is 32.6 Å². The van der Waals surface area contributed by atoms with Gasteiger partial charge in [-0.1, -0.05) is 19.9 Å². The van der Waals surface area contributed by atoms with Crippen molar-refractivity contribution >= 4 is 22.7 Å². The largest absolute Gasteiger partial charge is 0.478 e. The lowest BCUT2D eigenvalue weighted by molar-refractivity contribution is 0.0697. The summed E-state index contributed by atoms with van der Waals surface area (Å²) in [5, 5.41) is 19.7. The normalized spacial score (nSPS) is 11.5. The number of aryl methyl sites for hydroxylation is 1. The van der Waals surface area contributed by atoms with E-state index in [0.717, 1.165) is 22.2 Å². The fourth-order valence-electron chi connectivity index (χ4n) is 4.28. The number of carboxylic acids is 1. The van der Waals surface area contributed by atoms with E-state index in [9.17, 15) is 19.6 Å². The summed E-state index contributed by atoms with van der Waals surface area (Å²) in [6, 6.07) is 15.5. The van der Waals surface area contributed by atoms with Crippen LogP contribution in [0.3, 0.4) is 0 Å². The van der Waals surface area contributed by atoms with Crippen LogP contribution in [0.2, 0.25) is 0 Å². The molecule has 0 aliphatic rings. The number of hydrogen-bond acceptors (Lipinski definition) is 4. The minimum Gasteiger partial charge on any atom is -0.478 e. The molecule has 0 bridgehead atoms. The Hall–Kier alpha value is -4.18. The second kappa shape index (κ2) is 8.06. The molecule has 7 heteroatoms. The Balaban J connectivity index is 2.17. The van der Waals surface area contributed by atoms with Gasteiger partial charge in [0.15, 0.2) is 0 Å². The van der Waals surface area contributed by atoms with Crippen molar-refractivity contribution in [3.05, 3.63) is 77.4 Å². The van der Waals surface area contributed by atoms with E-state index in [1.807, 2.05) is 24.5 Å². The van der Waals surface area contributed by atoms with Gasteiger partial charge in [0, 0.05) is 40.4 Å². The Morgan fingerprint density at radius 2 is 1.91 bits per heavy atom. The number of nitrogen functional groups attached to an aromatic ring is 1. The molecule has 0 aliphatic carbocycles. The molecule has 2 aromatic heterocycles. The topological polar surface area (TPSA) is 105 Å². The van der Waals surface area contributed by atoms with Crippen molar-refractivity contribution in [2.24, 2.45) is 0 Å². The summed E-state index contributed by atoms with van der Waals surface area (Å²) in [6.45, 7) is 5.64. The molecule has 0 amide bonds. The molecule has 0 atom stereocenters. The zero-order valence-corrected chi connectivity index (χ0v) is 18.6. The highest BCUT2D eigenvalue weighted by molar-refractivity contribution is 6.04. The Labute approximate surface area is 190 Å². The number of aromatic carboxylic acids is 1. The van der Waals surface area contributed by atoms with Crippen molar-refractivity contribution < 1.29 is 14.3 Å². The number of benzene rings is 2. The average Bonchev–Trinajstić information content (AvgIpc) is 3.13. The fraction of sp³-hybridized carbons (Fsp3) is 0.192. The van der Waals surface area contributed by atoms with E-state index in [1.54, 1.807) is 37.4 Å². The van der Waals surface area contributed by atoms with Crippen LogP contribution in [0.5, 0.6) is 0 Å². The molecular formula is C26H23FN4O2. The number of nitriles is 1. The van der Waals surface area contributed by atoms with Crippen LogP contribution < -0.4 is 5.73 Å². The second-order valence-corrected chi connectivity index (χ2v) is 8.69. The molecule has 166 valence electrons. The van der Waals surface area contributed by atoms with Crippen LogP contribution in [0.25, 0.3) is 27.7 Å². The fourth-order valence-corrected chi connectivity index (χ4v) is 4.28. The minimum absolute atomic E-state index is 0.161. The molecule has 0 saturated heterocycles. The lowest BCUT2D eigenvalue weighted by Crippen LogP contribution is -2.22. The van der Waals surface area contributed by atoms with Crippen molar-refractivity contribution in [3.8, 4) is 22.9 Å². The zero-order valence-electron chi connectivity index (χ0n) is 18.6. The second-order valence-electron chi connectivity index (χ2n) is 8.69. The molecule has 0 unspecified atom stereocenters. The lowest BCUT2D eigenvalue weighted by Gasteiger charge is -2.27. The van der Waals surface area contributed by atoms with Crippen molar-refractivity contribution in [1.82, 2.24) is 9.55 Å². The number of anilines is 1. The van der Waals surface area contributed by atoms with Crippen LogP contribution in [0, 0.1) is 24.1 Å². The van der Waals surface area contributed by atoms with E-state index in [2.05, 4.69) is 11.1 Å². The van der Waals surface area contributed by atoms with E-state index in [4.69, 9.17) is 5.73 Å². The summed E-state index contributed by atoms with van der Waals surface area (Å²) in [5.41, 5.74) is 10.2. The third-order valence-corrected chi connectivity index (χ3v) is 5.89. The quantitative estimate of drug-likeness (QED) is 0.418. The number of carboxylic acid groups (broad SMARTS) is 1. The highest BCUT2D eigenvalue weighted by atomic mass is 19.1. The van der Waals surface area contributed by atoms with Gasteiger partial charge in [0.25, 0.3) is 0 Å². The number of aromatic nitrogens is 2. The van der Waals surface area contributed by atoms with Crippen molar-refractivity contribution in [3.63, 3.8) is 0 Å². The molecule has 33 heavy (non-hydrogen) atoms. The maximum Gasteiger partial charge on any atom is 0.335 e. The molecule has 2 aromatic carbocycles. The highest BCUT2D eigenvalue weighted by Gasteiger charge is 2.33. The van der Waals surface area contributed by atoms with Gasteiger partial charge < -0.3 is 15.4 Å². The summed E-state index contributed by atoms with van der Waals surface area (Å²) in [6.07, 6.45) is 1.84. The Morgan fingerprint density at radius 1 is 1.21 bits per heavy atom. The summed E-state index contributed by atoms with van der Waals surface area (Å²) in [7, 11) is 0. The molecule has 3 N–H and O–H groups in total. The first kappa shape index (κ1) is 22.0. The van der Waals surface area contributed by atoms with E-state index in [0.29, 0.717) is 22.6 Å². The smallest absolute Gasteiger partial charge is 0.335 e. The molecule has 0 saturated carbocycles. The van der Waals surface area contributed by atoms with Gasteiger partial charge >= 0.3 is 5.97 Å². The molecule has 4 aromatic rings. The van der Waals surface area contributed by atoms with Gasteiger partial charge in [-0.2, -0.15) is 5.26 Å². The Bertz CT molecular complexity index is 1430. The number of nitrogens with two attached hydrogens (primary N) is 1. The molecular weight excluding hydrogens is 419 g/mol. The van der Waals surface area contributed by atoms with Crippen molar-refractivity contribution in [2.75, 3.05) is 5.73 Å². The first-order valence-electron chi connectivity index (χ1n) is 10.4. The standard InChI is InChI=1S/C26H23FN4O2/c1-15-14-17(6-9-20(15)27)21-19-10-13-30-24(29)22(19)31(23(21)26(2,3)11-12-28)18-7-4-16(5-8-18)25(32)33/h4-10,13-14H,11H2,1-3H3,(H2,29,30)(H,32,33). The average molecular weight is 442 g/mol. The molecule has 0 spiro atoms. The van der Waals surface area contributed by atoms with Crippen LogP contribution in [-0.2, 0) is 5.41 Å². The SMILES string of the molecule is Cc1cc(-c2c(C(C)(C)CC#N)n(-c3ccc(C(=O)O)cc3)c3c(N)nccc23)ccc1F. The molecule has 0 radical (unpaired) electrons. The van der Waals surface area contributed by atoms with Gasteiger partial charge in [-0.25, -0.2) is 14.2 Å². The van der Waals surface area contributed by atoms with Gasteiger partial charge in [-0.15, -0.1) is 0 Å². The number of hydrogen-bond donors (Lipinski definition) is 2. The van der Waals surface area contributed by atoms with E-state index < -0.39 is 11.4 Å². The number of pyridine rings is 1. The number of halogens is 1. The first-order chi connectivity index (χ1) is 15.7. The summed E-state index contributed by atoms with van der Waals surface area (Å²) < 4.78 is 16.0. The predicted octanol–water partition coefficient (Wildman–Crippen LogP) is 5.61. The molecule has 2 heterocycles. The zero-order chi connectivity index (χ0) is 23.9. The maximum absolute atomic E-state index is 14.1. The molecule has 6 nitrogen and oxygen atoms in total. The highest BCUT2D eigenvalue weighted by Crippen LogP contribution is 2.45. The molecule has 4 rings (SSSR count). The van der Waals surface area contributed by atoms with Crippen LogP contribution in [0.1, 0.15) is 41.9 Å². The summed E-state index contributed by atoms with van der Waals surface area (Å²) in [4.78, 5) is 15.7. The third kappa shape index (κ3) is 3.70. The maximum atomic E-state index is 14.1. The Morgan fingerprint density at radius 3 is 2.52 bits per heavy atom. The summed E-state index contributed by atoms with van der Waals surface area (Å²) in [5.74, 6) is -1.02. The number of rotatable bonds is 5. The van der Waals surface area contributed by atoms with E-state index >= 15 is 0 Å². The van der Waals surface area contributed by atoms with E-state index in [1.165, 1.54) is 18.2 Å². The third-order valence-electron chi connectivity index (χ3n) is 5.89. The predicted molar refractivity (Wildman–Crippen MR) is 126 cm³/mol. The number of carbonyl (C=O) groups is 1. The van der Waals surface area contributed by atoms with Crippen LogP contribution >= 0.6 is 0 Å². The molecule has 0 aliphatic heterocycles. The van der Waals surface area contributed by atoms with Crippen molar-refractivity contribution in [1.29, 1.82) is 5.26 Å². The summed E-state index contributed by atoms with van der Waals surface area (Å²) >= 11 is 0. The van der Waals surface area contributed by atoms with Crippen LogP contribution in [0.4, 0.5) is 10.2 Å². The number of fused-ring (bicyclic) bond motifs is 1. The van der Waals surface area contributed by atoms with Crippen LogP contribution in [-0.4, -0.2) is 20.6 Å². The molecule has 0 fully saturated rings. The monoisotopic (exact) mass is 442 g/mol. The van der Waals surface area contributed by atoms with Gasteiger partial charge in [-0.3, -0.25) is 0 Å². The van der Waals surface area contributed by atoms with Gasteiger partial charge in [-0.05, 0) is 60.5 Å². The van der Waals surface area contributed by atoms with Crippen LogP contribution in [0.15, 0.2) is 54.7 Å². The Kier molecular flexibility index (Phi) is 5.38. The first-order valence-corrected chi connectivity index (χ1v) is 10.4. The lowest BCUT2D eigenvalue weighted by atomic mass is 9.81. The number of nitrogens with zero attached hydrogens (tertiary/aromatic N) is 3. The van der Waals surface area contributed by atoms with Gasteiger partial charge in [0.1, 0.15) is 11.6 Å². The van der Waals surface area contributed by atoms with Gasteiger partial charge in [0.2, 0.25) is 0 Å².